The number of halogens is 3. The number of aliphatic hydroxyl groups excluding tert-OH is 1. The summed E-state index contributed by atoms with van der Waals surface area (Å²) in [6.07, 6.45) is -0.488. The highest BCUT2D eigenvalue weighted by Crippen LogP contribution is 2.35. The Balaban J connectivity index is 2.24. The van der Waals surface area contributed by atoms with Crippen molar-refractivity contribution < 1.29 is 5.11 Å². The fraction of sp³-hybridized carbons (Fsp3) is 0.143. The van der Waals surface area contributed by atoms with Gasteiger partial charge in [-0.2, -0.15) is 0 Å². The van der Waals surface area contributed by atoms with Crippen molar-refractivity contribution in [2.45, 2.75) is 22.8 Å². The van der Waals surface area contributed by atoms with E-state index in [1.807, 2.05) is 30.3 Å². The zero-order valence-electron chi connectivity index (χ0n) is 10.0. The van der Waals surface area contributed by atoms with Gasteiger partial charge in [-0.05, 0) is 42.8 Å². The lowest BCUT2D eigenvalue weighted by Crippen LogP contribution is -1.92. The quantitative estimate of drug-likeness (QED) is 0.711. The Hall–Kier alpha value is -0.190. The van der Waals surface area contributed by atoms with E-state index >= 15 is 0 Å². The van der Waals surface area contributed by atoms with Crippen molar-refractivity contribution >= 4 is 50.9 Å². The molecule has 0 amide bonds. The molecule has 2 aromatic carbocycles. The highest BCUT2D eigenvalue weighted by Gasteiger charge is 2.08. The maximum Gasteiger partial charge on any atom is 0.0772 e. The summed E-state index contributed by atoms with van der Waals surface area (Å²) in [5.41, 5.74) is 0.874. The molecule has 19 heavy (non-hydrogen) atoms. The summed E-state index contributed by atoms with van der Waals surface area (Å²) in [6, 6.07) is 11.4. The van der Waals surface area contributed by atoms with Crippen LogP contribution in [-0.2, 0) is 0 Å². The van der Waals surface area contributed by atoms with E-state index in [9.17, 15) is 5.11 Å². The molecule has 100 valence electrons. The fourth-order valence-electron chi connectivity index (χ4n) is 1.59. The maximum absolute atomic E-state index is 9.58. The third-order valence-corrected chi connectivity index (χ3v) is 4.95. The summed E-state index contributed by atoms with van der Waals surface area (Å²) in [6.45, 7) is 1.74. The van der Waals surface area contributed by atoms with Crippen LogP contribution in [0.15, 0.2) is 50.7 Å². The average molecular weight is 378 g/mol. The second kappa shape index (κ2) is 6.51. The highest BCUT2D eigenvalue weighted by molar-refractivity contribution is 9.10. The minimum atomic E-state index is -0.488. The molecule has 0 aliphatic heterocycles. The molecule has 1 N–H and O–H groups in total. The van der Waals surface area contributed by atoms with Gasteiger partial charge in [0.05, 0.1) is 16.1 Å². The molecule has 1 nitrogen and oxygen atoms in total. The number of aliphatic hydroxyl groups is 1. The topological polar surface area (TPSA) is 20.2 Å². The van der Waals surface area contributed by atoms with E-state index in [2.05, 4.69) is 15.9 Å². The third kappa shape index (κ3) is 3.89. The van der Waals surface area contributed by atoms with Crippen molar-refractivity contribution in [3.63, 3.8) is 0 Å². The van der Waals surface area contributed by atoms with Gasteiger partial charge in [0.2, 0.25) is 0 Å². The van der Waals surface area contributed by atoms with Gasteiger partial charge in [-0.1, -0.05) is 57.0 Å². The molecular weight excluding hydrogens is 367 g/mol. The maximum atomic E-state index is 9.58. The van der Waals surface area contributed by atoms with Crippen LogP contribution in [0.3, 0.4) is 0 Å². The van der Waals surface area contributed by atoms with Crippen LogP contribution in [0.2, 0.25) is 10.0 Å². The van der Waals surface area contributed by atoms with Crippen LogP contribution in [0.5, 0.6) is 0 Å². The van der Waals surface area contributed by atoms with E-state index < -0.39 is 6.10 Å². The molecule has 0 heterocycles. The number of rotatable bonds is 3. The average Bonchev–Trinajstić information content (AvgIpc) is 2.33. The van der Waals surface area contributed by atoms with Crippen molar-refractivity contribution in [3.05, 3.63) is 56.5 Å². The Morgan fingerprint density at radius 1 is 1.05 bits per heavy atom. The molecule has 0 saturated carbocycles. The minimum Gasteiger partial charge on any atom is -0.389 e. The Bertz CT molecular complexity index is 602. The molecule has 0 radical (unpaired) electrons. The lowest BCUT2D eigenvalue weighted by atomic mass is 10.1. The first-order valence-corrected chi connectivity index (χ1v) is 7.94. The second-order valence-corrected chi connectivity index (χ2v) is 6.85. The molecule has 0 aliphatic carbocycles. The molecular formula is C14H11BrCl2OS. The highest BCUT2D eigenvalue weighted by atomic mass is 79.9. The van der Waals surface area contributed by atoms with E-state index in [1.54, 1.807) is 24.8 Å². The number of hydrogen-bond donors (Lipinski definition) is 1. The molecule has 0 unspecified atom stereocenters. The Morgan fingerprint density at radius 2 is 1.68 bits per heavy atom. The van der Waals surface area contributed by atoms with Crippen LogP contribution in [0.1, 0.15) is 18.6 Å². The van der Waals surface area contributed by atoms with Crippen LogP contribution in [0.4, 0.5) is 0 Å². The van der Waals surface area contributed by atoms with E-state index in [-0.39, 0.29) is 0 Å². The van der Waals surface area contributed by atoms with E-state index in [0.717, 1.165) is 19.8 Å². The van der Waals surface area contributed by atoms with E-state index in [0.29, 0.717) is 10.0 Å². The zero-order valence-corrected chi connectivity index (χ0v) is 13.9. The first-order valence-electron chi connectivity index (χ1n) is 5.58. The van der Waals surface area contributed by atoms with Gasteiger partial charge in [0.15, 0.2) is 0 Å². The van der Waals surface area contributed by atoms with Crippen LogP contribution >= 0.6 is 50.9 Å². The second-order valence-electron chi connectivity index (χ2n) is 4.04. The summed E-state index contributed by atoms with van der Waals surface area (Å²) >= 11 is 16.9. The standard InChI is InChI=1S/C14H11BrCl2OS/c1-8(18)11-4-2-9(6-12(11)15)19-10-3-5-13(16)14(17)7-10/h2-8,18H,1H3/t8-/m0/s1. The van der Waals surface area contributed by atoms with Crippen molar-refractivity contribution in [1.29, 1.82) is 0 Å². The van der Waals surface area contributed by atoms with Gasteiger partial charge < -0.3 is 5.11 Å². The zero-order chi connectivity index (χ0) is 14.0. The molecule has 2 aromatic rings. The summed E-state index contributed by atoms with van der Waals surface area (Å²) < 4.78 is 0.896. The fourth-order valence-corrected chi connectivity index (χ4v) is 3.71. The predicted octanol–water partition coefficient (Wildman–Crippen LogP) is 5.96. The molecule has 2 rings (SSSR count). The summed E-state index contributed by atoms with van der Waals surface area (Å²) in [7, 11) is 0. The van der Waals surface area contributed by atoms with Crippen LogP contribution in [0, 0.1) is 0 Å². The van der Waals surface area contributed by atoms with E-state index in [4.69, 9.17) is 23.2 Å². The molecule has 0 aliphatic rings. The van der Waals surface area contributed by atoms with Crippen LogP contribution < -0.4 is 0 Å². The number of benzene rings is 2. The van der Waals surface area contributed by atoms with Crippen molar-refractivity contribution in [3.8, 4) is 0 Å². The molecule has 0 saturated heterocycles. The molecule has 0 spiro atoms. The smallest absolute Gasteiger partial charge is 0.0772 e. The third-order valence-electron chi connectivity index (χ3n) is 2.55. The molecule has 0 bridgehead atoms. The predicted molar refractivity (Wildman–Crippen MR) is 85.4 cm³/mol. The van der Waals surface area contributed by atoms with Gasteiger partial charge in [-0.15, -0.1) is 0 Å². The summed E-state index contributed by atoms with van der Waals surface area (Å²) in [4.78, 5) is 2.08. The van der Waals surface area contributed by atoms with Gasteiger partial charge in [-0.3, -0.25) is 0 Å². The summed E-state index contributed by atoms with van der Waals surface area (Å²) in [5, 5.41) is 10.7. The van der Waals surface area contributed by atoms with Crippen molar-refractivity contribution in [2.75, 3.05) is 0 Å². The van der Waals surface area contributed by atoms with Gasteiger partial charge in [0.1, 0.15) is 0 Å². The van der Waals surface area contributed by atoms with E-state index in [1.165, 1.54) is 0 Å². The molecule has 1 atom stereocenters. The number of hydrogen-bond acceptors (Lipinski definition) is 2. The van der Waals surface area contributed by atoms with Gasteiger partial charge in [0, 0.05) is 14.3 Å². The largest absolute Gasteiger partial charge is 0.389 e. The van der Waals surface area contributed by atoms with Gasteiger partial charge >= 0.3 is 0 Å². The van der Waals surface area contributed by atoms with Crippen LogP contribution in [-0.4, -0.2) is 5.11 Å². The van der Waals surface area contributed by atoms with Gasteiger partial charge in [-0.25, -0.2) is 0 Å². The molecule has 5 heteroatoms. The Morgan fingerprint density at radius 3 is 2.26 bits per heavy atom. The minimum absolute atomic E-state index is 0.488. The SMILES string of the molecule is C[C@H](O)c1ccc(Sc2ccc(Cl)c(Cl)c2)cc1Br. The lowest BCUT2D eigenvalue weighted by molar-refractivity contribution is 0.198. The van der Waals surface area contributed by atoms with Crippen molar-refractivity contribution in [1.82, 2.24) is 0 Å². The lowest BCUT2D eigenvalue weighted by Gasteiger charge is -2.09. The summed E-state index contributed by atoms with van der Waals surface area (Å²) in [5.74, 6) is 0. The monoisotopic (exact) mass is 376 g/mol. The van der Waals surface area contributed by atoms with Gasteiger partial charge in [0.25, 0.3) is 0 Å². The normalized spacial score (nSPS) is 12.5. The van der Waals surface area contributed by atoms with Crippen LogP contribution in [0.25, 0.3) is 0 Å². The molecule has 0 fully saturated rings. The molecule has 0 aromatic heterocycles. The Labute approximate surface area is 135 Å². The first kappa shape index (κ1) is 15.2. The first-order chi connectivity index (χ1) is 8.97. The van der Waals surface area contributed by atoms with Crippen molar-refractivity contribution in [2.24, 2.45) is 0 Å². The Kier molecular flexibility index (Phi) is 5.21.